The van der Waals surface area contributed by atoms with Gasteiger partial charge in [-0.3, -0.25) is 92.5 Å². The molecule has 0 spiro atoms. The van der Waals surface area contributed by atoms with Crippen LogP contribution in [-0.2, 0) is 67.1 Å². The minimum Gasteiger partial charge on any atom is -0.480 e. The molecule has 716 valence electrons. The molecule has 1 fully saturated rings. The van der Waals surface area contributed by atoms with Gasteiger partial charge in [-0.2, -0.15) is 24.9 Å². The van der Waals surface area contributed by atoms with Gasteiger partial charge in [-0.05, 0) is 159 Å². The van der Waals surface area contributed by atoms with Crippen molar-refractivity contribution in [1.82, 2.24) is 58.1 Å². The van der Waals surface area contributed by atoms with Gasteiger partial charge in [-0.1, -0.05) is 20.3 Å². The van der Waals surface area contributed by atoms with E-state index in [4.69, 9.17) is 107 Å². The second-order valence-electron chi connectivity index (χ2n) is 29.1. The van der Waals surface area contributed by atoms with E-state index in [1.54, 1.807) is 13.8 Å². The van der Waals surface area contributed by atoms with Gasteiger partial charge in [0.25, 0.3) is 0 Å². The number of hydrogen-bond donors (Lipinski definition) is 29. The van der Waals surface area contributed by atoms with Crippen LogP contribution in [0.3, 0.4) is 0 Å². The molecule has 55 heteroatoms. The smallest absolute Gasteiger partial charge is 0.480 e. The maximum atomic E-state index is 15.0. The van der Waals surface area contributed by atoms with Gasteiger partial charge < -0.3 is 166 Å². The third-order valence-corrected chi connectivity index (χ3v) is 19.4. The first-order valence-corrected chi connectivity index (χ1v) is 42.1. The largest absolute Gasteiger partial charge is 0.490 e. The van der Waals surface area contributed by atoms with Gasteiger partial charge >= 0.3 is 18.1 Å². The summed E-state index contributed by atoms with van der Waals surface area (Å²) >= 11 is 1.50. The van der Waals surface area contributed by atoms with Crippen molar-refractivity contribution in [2.24, 2.45) is 138 Å². The van der Waals surface area contributed by atoms with Gasteiger partial charge in [-0.15, -0.1) is 0 Å². The lowest BCUT2D eigenvalue weighted by molar-refractivity contribution is -0.192. The average Bonchev–Trinajstić information content (AvgIpc) is 1.62. The topological polar surface area (TPSA) is 932 Å². The van der Waals surface area contributed by atoms with Crippen molar-refractivity contribution < 1.29 is 90.5 Å². The number of aliphatic carboxylic acids is 2. The highest BCUT2D eigenvalue weighted by atomic mass is 32.2. The highest BCUT2D eigenvalue weighted by Gasteiger charge is 2.41. The number of nitrogens with one attached hydrogen (secondary N) is 10. The first-order valence-electron chi connectivity index (χ1n) is 40.7. The number of likely N-dealkylation sites (tertiary alicyclic amines) is 1. The molecule has 0 bridgehead atoms. The number of hydrogen-bond acceptors (Lipinski definition) is 24. The van der Waals surface area contributed by atoms with Crippen molar-refractivity contribution >= 4 is 136 Å². The van der Waals surface area contributed by atoms with E-state index in [-0.39, 0.29) is 210 Å². The van der Waals surface area contributed by atoms with E-state index in [0.29, 0.717) is 31.4 Å². The van der Waals surface area contributed by atoms with Crippen molar-refractivity contribution in [3.05, 3.63) is 0 Å². The molecule has 0 aliphatic carbocycles. The van der Waals surface area contributed by atoms with Crippen LogP contribution in [0.4, 0.5) is 13.2 Å². The molecule has 0 aromatic carbocycles. The monoisotopic (exact) mass is 1820 g/mol. The number of halogens is 3. The van der Waals surface area contributed by atoms with Crippen LogP contribution in [0.1, 0.15) is 162 Å². The highest BCUT2D eigenvalue weighted by molar-refractivity contribution is 7.98. The third kappa shape index (κ3) is 50.3. The molecular weight excluding hydrogens is 1690 g/mol. The van der Waals surface area contributed by atoms with Crippen molar-refractivity contribution in [1.29, 1.82) is 0 Å². The third-order valence-electron chi connectivity index (χ3n) is 18.7. The Hall–Kier alpha value is -12.5. The first kappa shape index (κ1) is 114. The van der Waals surface area contributed by atoms with Crippen LogP contribution in [-0.4, -0.2) is 289 Å². The summed E-state index contributed by atoms with van der Waals surface area (Å²) in [5.41, 5.74) is 96.0. The van der Waals surface area contributed by atoms with E-state index < -0.39 is 180 Å². The van der Waals surface area contributed by atoms with Gasteiger partial charge in [0.05, 0.1) is 6.04 Å². The van der Waals surface area contributed by atoms with E-state index in [2.05, 4.69) is 88.1 Å². The Bertz CT molecular complexity index is 3700. The van der Waals surface area contributed by atoms with Crippen molar-refractivity contribution in [3.63, 3.8) is 0 Å². The summed E-state index contributed by atoms with van der Waals surface area (Å²) < 4.78 is 31.7. The number of guanidine groups is 7. The van der Waals surface area contributed by atoms with E-state index >= 15 is 9.59 Å². The van der Waals surface area contributed by atoms with Crippen LogP contribution in [0.2, 0.25) is 0 Å². The molecule has 1 saturated heterocycles. The number of primary amides is 1. The van der Waals surface area contributed by atoms with Crippen LogP contribution < -0.4 is 151 Å². The number of carbonyl (C=O) groups is 14. The van der Waals surface area contributed by atoms with Gasteiger partial charge in [0.15, 0.2) is 41.7 Å². The first-order chi connectivity index (χ1) is 59.2. The second-order valence-corrected chi connectivity index (χ2v) is 30.1. The number of unbranched alkanes of at least 4 members (excludes halogenated alkanes) is 1. The summed E-state index contributed by atoms with van der Waals surface area (Å²) in [5.74, 6) is -17.1. The average molecular weight is 1820 g/mol. The lowest BCUT2D eigenvalue weighted by atomic mass is 9.96. The molecule has 12 amide bonds. The van der Waals surface area contributed by atoms with Gasteiger partial charge in [0, 0.05) is 58.8 Å². The van der Waals surface area contributed by atoms with E-state index in [1.807, 2.05) is 6.26 Å². The van der Waals surface area contributed by atoms with Gasteiger partial charge in [0.2, 0.25) is 70.9 Å². The van der Waals surface area contributed by atoms with Gasteiger partial charge in [-0.25, -0.2) is 9.59 Å². The molecule has 0 unspecified atom stereocenters. The van der Waals surface area contributed by atoms with Crippen LogP contribution >= 0.6 is 11.8 Å². The Morgan fingerprint density at radius 1 is 0.405 bits per heavy atom. The number of carboxylic acid groups (broad SMARTS) is 2. The molecule has 51 nitrogen and oxygen atoms in total. The van der Waals surface area contributed by atoms with E-state index in [1.165, 1.54) is 16.7 Å². The van der Waals surface area contributed by atoms with E-state index in [0.717, 1.165) is 0 Å². The highest BCUT2D eigenvalue weighted by Crippen LogP contribution is 2.21. The number of aliphatic imine (C=N–C) groups is 7. The summed E-state index contributed by atoms with van der Waals surface area (Å²) in [6.07, 6.45) is -3.36. The molecule has 0 saturated carbocycles. The molecule has 0 radical (unpaired) electrons. The summed E-state index contributed by atoms with van der Waals surface area (Å²) in [6, 6.07) is -17.2. The Balaban J connectivity index is 0.0000213. The summed E-state index contributed by atoms with van der Waals surface area (Å²) in [6.45, 7) is 3.32. The normalized spacial score (nSPS) is 15.0. The van der Waals surface area contributed by atoms with Crippen molar-refractivity contribution in [3.8, 4) is 0 Å². The number of carbonyl (C=O) groups excluding carboxylic acids is 12. The molecule has 0 aromatic heterocycles. The number of thioether (sulfide) groups is 1. The molecule has 0 aromatic rings. The fourth-order valence-electron chi connectivity index (χ4n) is 12.0. The zero-order chi connectivity index (χ0) is 95.8. The fourth-order valence-corrected chi connectivity index (χ4v) is 12.5. The maximum absolute atomic E-state index is 15.0. The molecular formula is C71H134F3N35O16S. The Morgan fingerprint density at radius 3 is 0.937 bits per heavy atom. The van der Waals surface area contributed by atoms with Crippen molar-refractivity contribution in [2.75, 3.05) is 70.9 Å². The quantitative estimate of drug-likeness (QED) is 0.0153. The number of rotatable bonds is 62. The zero-order valence-corrected chi connectivity index (χ0v) is 72.2. The molecule has 1 rings (SSSR count). The standard InChI is InChI=1S/C69H133N35O14S.C2HF3O2/c1-4-37(2)50(60(115)101-44(21-12-33-92-68(83)84)56(111)97-40(17-8-29-88-64(75)76)52(107)95-42(19-10-31-90-66(79)80)54(109)99-46(24-25-49(72)105)57(112)102-47(62(117)118)15-5-6-27-70)103-58(113)45(22-13-34-93-69(85)86)98-53(108)41(18-9-30-89-65(77)78)94-51(106)39(16-7-28-87-63(73)74)96-55(110)43(20-11-32-91-67(81)82)100-59(114)48-23-14-35-104(48)61(116)38(71)26-36-119-3;3-2(4,5)1(6)7/h37-48,50H,4-36,70-71H2,1-3H3,(H2,72,105)(H,94,106)(H,95,107)(H,96,110)(H,97,111)(H,98,108)(H,99,109)(H,100,114)(H,101,115)(H,102,112)(H,103,113)(H,117,118)(H4,73,74,87)(H4,75,76,88)(H4,77,78,89)(H4,79,80,90)(H4,81,82,91)(H4,83,84,92)(H4,85,86,93);(H,6,7)/t37-,38-,39-,40-,41-,42-,43-,44-,45-,46-,47-,48-,50-;/m0./s1. The lowest BCUT2D eigenvalue weighted by Crippen LogP contribution is -2.61. The summed E-state index contributed by atoms with van der Waals surface area (Å²) in [5, 5.41) is 43.4. The summed E-state index contributed by atoms with van der Waals surface area (Å²) in [4.78, 5) is 223. The number of nitrogens with zero attached hydrogens (tertiary/aromatic N) is 8. The lowest BCUT2D eigenvalue weighted by Gasteiger charge is -2.30. The second kappa shape index (κ2) is 62.6. The molecule has 1 heterocycles. The molecule has 126 heavy (non-hydrogen) atoms. The predicted octanol–water partition coefficient (Wildman–Crippen LogP) is -10.6. The fraction of sp³-hybridized carbons (Fsp3) is 0.704. The number of carboxylic acids is 2. The number of amides is 12. The maximum Gasteiger partial charge on any atom is 0.490 e. The minimum atomic E-state index is -5.08. The van der Waals surface area contributed by atoms with Crippen LogP contribution in [0.15, 0.2) is 34.9 Å². The van der Waals surface area contributed by atoms with Gasteiger partial charge in [0.1, 0.15) is 66.5 Å². The Morgan fingerprint density at radius 2 is 0.675 bits per heavy atom. The van der Waals surface area contributed by atoms with Crippen LogP contribution in [0.5, 0.6) is 0 Å². The summed E-state index contributed by atoms with van der Waals surface area (Å²) in [7, 11) is 0. The SMILES string of the molecule is CC[C@H](C)[C@H](NC(=O)[C@H](CCCN=C(N)N)NC(=O)[C@H](CCCN=C(N)N)NC(=O)[C@H](CCCN=C(N)N)NC(=O)[C@H](CCCN=C(N)N)NC(=O)[C@@H]1CCCN1C(=O)[C@@H](N)CCSC)C(=O)N[C@@H](CCCN=C(N)N)C(=O)N[C@@H](CCCN=C(N)N)C(=O)N[C@@H](CCCN=C(N)N)C(=O)N[C@@H](CCC(N)=O)C(=O)N[C@@H](CCCCN)C(=O)O.O=C(O)C(F)(F)F. The molecule has 1 aliphatic rings. The van der Waals surface area contributed by atoms with Crippen molar-refractivity contribution in [2.45, 2.75) is 240 Å². The molecule has 13 atom stereocenters. The number of alkyl halides is 3. The molecule has 1 aliphatic heterocycles. The Kier molecular flexibility index (Phi) is 56.4. The van der Waals surface area contributed by atoms with E-state index in [9.17, 15) is 71.0 Å². The predicted molar refractivity (Wildman–Crippen MR) is 467 cm³/mol. The van der Waals surface area contributed by atoms with Crippen LogP contribution in [0, 0.1) is 5.92 Å². The molecule has 46 N–H and O–H groups in total. The van der Waals surface area contributed by atoms with Crippen LogP contribution in [0.25, 0.3) is 0 Å². The number of nitrogens with two attached hydrogens (primary N) is 17. The Labute approximate surface area is 731 Å². The zero-order valence-electron chi connectivity index (χ0n) is 71.4. The minimum absolute atomic E-state index is 0.000825.